The fraction of sp³-hybridized carbons (Fsp3) is 0.444. The summed E-state index contributed by atoms with van der Waals surface area (Å²) in [5.41, 5.74) is 2.84. The average Bonchev–Trinajstić information content (AvgIpc) is 3.09. The van der Waals surface area contributed by atoms with E-state index in [4.69, 9.17) is 4.65 Å². The molecule has 7 heteroatoms. The molecule has 2 aromatic heterocycles. The Bertz CT molecular complexity index is 847. The van der Waals surface area contributed by atoms with Crippen LogP contribution in [0.3, 0.4) is 0 Å². The summed E-state index contributed by atoms with van der Waals surface area (Å²) in [7, 11) is -0.981. The number of rotatable bonds is 2. The lowest BCUT2D eigenvalue weighted by Crippen LogP contribution is -2.44. The van der Waals surface area contributed by atoms with Gasteiger partial charge in [-0.3, -0.25) is 4.79 Å². The molecular weight excluding hydrogens is 317 g/mol. The highest BCUT2D eigenvalue weighted by Gasteiger charge is 2.36. The third kappa shape index (κ3) is 2.72. The molecule has 0 aromatic carbocycles. The predicted octanol–water partition coefficient (Wildman–Crippen LogP) is 2.25. The molecule has 0 bridgehead atoms. The van der Waals surface area contributed by atoms with Crippen LogP contribution in [0.25, 0.3) is 16.6 Å². The molecule has 2 unspecified atom stereocenters. The number of fused-ring (bicyclic) bond motifs is 3. The van der Waals surface area contributed by atoms with E-state index in [1.807, 2.05) is 24.1 Å². The fourth-order valence-corrected chi connectivity index (χ4v) is 4.01. The van der Waals surface area contributed by atoms with E-state index < -0.39 is 7.12 Å². The monoisotopic (exact) mass is 339 g/mol. The summed E-state index contributed by atoms with van der Waals surface area (Å²) in [6.07, 6.45) is 5.00. The molecule has 4 heterocycles. The molecule has 0 spiro atoms. The molecule has 0 saturated carbocycles. The van der Waals surface area contributed by atoms with Gasteiger partial charge >= 0.3 is 7.12 Å². The minimum absolute atomic E-state index is 0.169. The van der Waals surface area contributed by atoms with E-state index in [-0.39, 0.29) is 11.8 Å². The number of aromatic amines is 1. The highest BCUT2D eigenvalue weighted by molar-refractivity contribution is 6.52. The van der Waals surface area contributed by atoms with Crippen LogP contribution in [0.2, 0.25) is 0 Å². The molecular formula is C18H22BN3O3. The standard InChI is InChI=1S/C18H22BN3O3/c1-3-16(23)22-7-5-11(2)14(10-22)13-8-19(24)25-15-9-21-18-12(17(13)15)4-6-20-18/h4,6,8-9,11,14,24H,3,5,7,10H2,1-2H3,(H,20,21). The van der Waals surface area contributed by atoms with Gasteiger partial charge in [0.25, 0.3) is 0 Å². The first-order chi connectivity index (χ1) is 12.1. The Morgan fingerprint density at radius 1 is 1.56 bits per heavy atom. The third-order valence-corrected chi connectivity index (χ3v) is 5.42. The minimum atomic E-state index is -0.981. The Hall–Kier alpha value is -2.28. The first kappa shape index (κ1) is 16.2. The average molecular weight is 339 g/mol. The second-order valence-corrected chi connectivity index (χ2v) is 6.93. The van der Waals surface area contributed by atoms with Gasteiger partial charge in [0.05, 0.1) is 6.20 Å². The van der Waals surface area contributed by atoms with Crippen LogP contribution in [0, 0.1) is 11.8 Å². The van der Waals surface area contributed by atoms with Crippen molar-refractivity contribution in [1.82, 2.24) is 14.9 Å². The number of nitrogens with zero attached hydrogens (tertiary/aromatic N) is 2. The lowest BCUT2D eigenvalue weighted by atomic mass is 9.72. The van der Waals surface area contributed by atoms with Crippen LogP contribution in [0.1, 0.15) is 32.3 Å². The highest BCUT2D eigenvalue weighted by atomic mass is 16.5. The summed E-state index contributed by atoms with van der Waals surface area (Å²) in [5, 5.41) is 11.2. The Balaban J connectivity index is 1.78. The van der Waals surface area contributed by atoms with Gasteiger partial charge in [-0.05, 0) is 30.0 Å². The lowest BCUT2D eigenvalue weighted by Gasteiger charge is -2.39. The molecule has 1 fully saturated rings. The van der Waals surface area contributed by atoms with E-state index >= 15 is 0 Å². The number of likely N-dealkylation sites (tertiary alicyclic amines) is 1. The van der Waals surface area contributed by atoms with Crippen molar-refractivity contribution in [3.8, 4) is 5.75 Å². The summed E-state index contributed by atoms with van der Waals surface area (Å²) in [4.78, 5) is 21.6. The molecule has 6 nitrogen and oxygen atoms in total. The number of H-pyrrole nitrogens is 1. The predicted molar refractivity (Wildman–Crippen MR) is 96.8 cm³/mol. The zero-order valence-corrected chi connectivity index (χ0v) is 14.5. The number of aromatic nitrogens is 2. The Kier molecular flexibility index (Phi) is 4.03. The zero-order chi connectivity index (χ0) is 17.6. The SMILES string of the molecule is CCC(=O)N1CCC(C)C(C2=CB(O)Oc3cnc4[nH]ccc4c32)C1. The quantitative estimate of drug-likeness (QED) is 0.823. The number of hydrogen-bond acceptors (Lipinski definition) is 4. The first-order valence-corrected chi connectivity index (χ1v) is 8.89. The molecule has 4 rings (SSSR count). The van der Waals surface area contributed by atoms with E-state index in [2.05, 4.69) is 16.9 Å². The largest absolute Gasteiger partial charge is 0.552 e. The van der Waals surface area contributed by atoms with Gasteiger partial charge < -0.3 is 19.6 Å². The van der Waals surface area contributed by atoms with Crippen molar-refractivity contribution in [3.05, 3.63) is 30.0 Å². The Morgan fingerprint density at radius 2 is 2.40 bits per heavy atom. The van der Waals surface area contributed by atoms with Crippen LogP contribution in [0.5, 0.6) is 5.75 Å². The maximum absolute atomic E-state index is 12.2. The number of carbonyl (C=O) groups excluding carboxylic acids is 1. The van der Waals surface area contributed by atoms with Crippen molar-refractivity contribution in [3.63, 3.8) is 0 Å². The molecule has 2 atom stereocenters. The maximum atomic E-state index is 12.2. The van der Waals surface area contributed by atoms with Crippen LogP contribution in [-0.4, -0.2) is 46.0 Å². The fourth-order valence-electron chi connectivity index (χ4n) is 4.01. The van der Waals surface area contributed by atoms with E-state index in [1.165, 1.54) is 0 Å². The highest BCUT2D eigenvalue weighted by Crippen LogP contribution is 2.43. The van der Waals surface area contributed by atoms with Crippen molar-refractivity contribution in [2.75, 3.05) is 13.1 Å². The normalized spacial score (nSPS) is 23.2. The van der Waals surface area contributed by atoms with E-state index in [0.29, 0.717) is 24.6 Å². The summed E-state index contributed by atoms with van der Waals surface area (Å²) in [6.45, 7) is 5.60. The van der Waals surface area contributed by atoms with Crippen LogP contribution in [0.15, 0.2) is 24.4 Å². The summed E-state index contributed by atoms with van der Waals surface area (Å²) < 4.78 is 5.58. The van der Waals surface area contributed by atoms with Crippen LogP contribution in [0.4, 0.5) is 0 Å². The molecule has 0 radical (unpaired) electrons. The number of pyridine rings is 1. The third-order valence-electron chi connectivity index (χ3n) is 5.42. The lowest BCUT2D eigenvalue weighted by molar-refractivity contribution is -0.132. The van der Waals surface area contributed by atoms with Crippen LogP contribution in [-0.2, 0) is 4.79 Å². The number of amides is 1. The summed E-state index contributed by atoms with van der Waals surface area (Å²) >= 11 is 0. The van der Waals surface area contributed by atoms with Gasteiger partial charge in [-0.2, -0.15) is 0 Å². The molecule has 2 aliphatic rings. The van der Waals surface area contributed by atoms with Gasteiger partial charge in [0.1, 0.15) is 11.4 Å². The van der Waals surface area contributed by atoms with Gasteiger partial charge in [-0.1, -0.05) is 13.8 Å². The molecule has 25 heavy (non-hydrogen) atoms. The van der Waals surface area contributed by atoms with Crippen molar-refractivity contribution < 1.29 is 14.5 Å². The van der Waals surface area contributed by atoms with Crippen molar-refractivity contribution >= 4 is 29.6 Å². The Morgan fingerprint density at radius 3 is 3.20 bits per heavy atom. The number of piperidine rings is 1. The summed E-state index contributed by atoms with van der Waals surface area (Å²) in [6, 6.07) is 1.98. The minimum Gasteiger partial charge on any atom is -0.531 e. The van der Waals surface area contributed by atoms with Crippen molar-refractivity contribution in [2.24, 2.45) is 11.8 Å². The summed E-state index contributed by atoms with van der Waals surface area (Å²) in [5.74, 6) is 3.17. The first-order valence-electron chi connectivity index (χ1n) is 8.89. The van der Waals surface area contributed by atoms with Gasteiger partial charge in [-0.15, -0.1) is 0 Å². The zero-order valence-electron chi connectivity index (χ0n) is 14.5. The molecule has 2 aliphatic heterocycles. The van der Waals surface area contributed by atoms with E-state index in [1.54, 1.807) is 12.2 Å². The van der Waals surface area contributed by atoms with Gasteiger partial charge in [0, 0.05) is 42.6 Å². The van der Waals surface area contributed by atoms with Gasteiger partial charge in [-0.25, -0.2) is 4.98 Å². The molecule has 130 valence electrons. The van der Waals surface area contributed by atoms with Crippen molar-refractivity contribution in [1.29, 1.82) is 0 Å². The van der Waals surface area contributed by atoms with E-state index in [9.17, 15) is 9.82 Å². The molecule has 1 amide bonds. The number of nitrogens with one attached hydrogen (secondary N) is 1. The number of hydrogen-bond donors (Lipinski definition) is 2. The molecule has 2 N–H and O–H groups in total. The smallest absolute Gasteiger partial charge is 0.531 e. The molecule has 0 aliphatic carbocycles. The van der Waals surface area contributed by atoms with E-state index in [0.717, 1.165) is 35.1 Å². The second kappa shape index (κ2) is 6.22. The molecule has 2 aromatic rings. The maximum Gasteiger partial charge on any atom is 0.552 e. The second-order valence-electron chi connectivity index (χ2n) is 6.93. The van der Waals surface area contributed by atoms with Gasteiger partial charge in [0.2, 0.25) is 5.91 Å². The van der Waals surface area contributed by atoms with Crippen molar-refractivity contribution in [2.45, 2.75) is 26.7 Å². The van der Waals surface area contributed by atoms with Crippen LogP contribution >= 0.6 is 0 Å². The molecule has 1 saturated heterocycles. The van der Waals surface area contributed by atoms with Crippen LogP contribution < -0.4 is 4.65 Å². The van der Waals surface area contributed by atoms with Gasteiger partial charge in [0.15, 0.2) is 0 Å². The Labute approximate surface area is 147 Å². The number of carbonyl (C=O) groups is 1. The topological polar surface area (TPSA) is 78.5 Å².